The second-order valence-electron chi connectivity index (χ2n) is 6.77. The maximum Gasteiger partial charge on any atom is 0.226 e. The van der Waals surface area contributed by atoms with Gasteiger partial charge in [-0.2, -0.15) is 5.26 Å². The van der Waals surface area contributed by atoms with Crippen LogP contribution in [0.2, 0.25) is 0 Å². The third-order valence-corrected chi connectivity index (χ3v) is 6.03. The molecule has 3 rings (SSSR count). The van der Waals surface area contributed by atoms with E-state index >= 15 is 0 Å². The number of pyridine rings is 1. The van der Waals surface area contributed by atoms with Gasteiger partial charge in [0.15, 0.2) is 5.13 Å². The van der Waals surface area contributed by atoms with E-state index < -0.39 is 0 Å². The SMILES string of the molecule is COc1cccc(-c2csc(NC(=O)CCSc3nc(C(C)C)ccc3C#N)n2)c1. The summed E-state index contributed by atoms with van der Waals surface area (Å²) in [5.41, 5.74) is 3.19. The van der Waals surface area contributed by atoms with Crippen molar-refractivity contribution in [3.63, 3.8) is 0 Å². The lowest BCUT2D eigenvalue weighted by molar-refractivity contribution is -0.115. The maximum atomic E-state index is 12.3. The molecule has 0 aliphatic heterocycles. The largest absolute Gasteiger partial charge is 0.497 e. The highest BCUT2D eigenvalue weighted by molar-refractivity contribution is 7.99. The predicted molar refractivity (Wildman–Crippen MR) is 121 cm³/mol. The summed E-state index contributed by atoms with van der Waals surface area (Å²) in [5, 5.41) is 15.3. The molecule has 0 atom stereocenters. The fraction of sp³-hybridized carbons (Fsp3) is 0.273. The number of methoxy groups -OCH3 is 1. The van der Waals surface area contributed by atoms with E-state index in [0.717, 1.165) is 22.7 Å². The van der Waals surface area contributed by atoms with Gasteiger partial charge in [-0.25, -0.2) is 9.97 Å². The van der Waals surface area contributed by atoms with Gasteiger partial charge in [0.2, 0.25) is 5.91 Å². The van der Waals surface area contributed by atoms with Crippen molar-refractivity contribution < 1.29 is 9.53 Å². The standard InChI is InChI=1S/C22H22N4O2S2/c1-14(2)18-8-7-16(12-23)21(24-18)29-10-9-20(27)26-22-25-19(13-30-22)15-5-4-6-17(11-15)28-3/h4-8,11,13-14H,9-10H2,1-3H3,(H,25,26,27). The van der Waals surface area contributed by atoms with Crippen LogP contribution in [0.5, 0.6) is 5.75 Å². The Balaban J connectivity index is 1.56. The van der Waals surface area contributed by atoms with Gasteiger partial charge in [-0.1, -0.05) is 26.0 Å². The van der Waals surface area contributed by atoms with Gasteiger partial charge in [0.25, 0.3) is 0 Å². The summed E-state index contributed by atoms with van der Waals surface area (Å²) in [7, 11) is 1.62. The van der Waals surface area contributed by atoms with Gasteiger partial charge < -0.3 is 10.1 Å². The Morgan fingerprint density at radius 1 is 1.30 bits per heavy atom. The van der Waals surface area contributed by atoms with Crippen LogP contribution in [0.3, 0.4) is 0 Å². The van der Waals surface area contributed by atoms with E-state index in [1.54, 1.807) is 13.2 Å². The van der Waals surface area contributed by atoms with Crippen LogP contribution in [0.1, 0.15) is 37.4 Å². The fourth-order valence-electron chi connectivity index (χ4n) is 2.64. The first-order valence-electron chi connectivity index (χ1n) is 9.43. The minimum atomic E-state index is -0.118. The van der Waals surface area contributed by atoms with E-state index in [1.165, 1.54) is 23.1 Å². The molecular weight excluding hydrogens is 416 g/mol. The number of thioether (sulfide) groups is 1. The molecule has 6 nitrogen and oxygen atoms in total. The van der Waals surface area contributed by atoms with E-state index in [4.69, 9.17) is 4.74 Å². The number of thiazole rings is 1. The minimum absolute atomic E-state index is 0.118. The number of rotatable bonds is 8. The zero-order chi connectivity index (χ0) is 21.5. The van der Waals surface area contributed by atoms with Gasteiger partial charge in [-0.15, -0.1) is 23.1 Å². The number of hydrogen-bond donors (Lipinski definition) is 1. The topological polar surface area (TPSA) is 87.9 Å². The lowest BCUT2D eigenvalue weighted by Crippen LogP contribution is -2.12. The van der Waals surface area contributed by atoms with Crippen molar-refractivity contribution in [3.05, 3.63) is 53.0 Å². The first-order valence-corrected chi connectivity index (χ1v) is 11.3. The van der Waals surface area contributed by atoms with Crippen LogP contribution in [0, 0.1) is 11.3 Å². The third kappa shape index (κ3) is 5.59. The van der Waals surface area contributed by atoms with E-state index in [1.807, 2.05) is 35.7 Å². The molecule has 0 aliphatic rings. The zero-order valence-electron chi connectivity index (χ0n) is 17.0. The summed E-state index contributed by atoms with van der Waals surface area (Å²) in [6.07, 6.45) is 0.303. The molecule has 154 valence electrons. The molecule has 0 fully saturated rings. The van der Waals surface area contributed by atoms with Crippen molar-refractivity contribution in [2.24, 2.45) is 0 Å². The van der Waals surface area contributed by atoms with Crippen LogP contribution in [0.25, 0.3) is 11.3 Å². The number of benzene rings is 1. The van der Waals surface area contributed by atoms with Gasteiger partial charge >= 0.3 is 0 Å². The number of carbonyl (C=O) groups excluding carboxylic acids is 1. The molecule has 8 heteroatoms. The Morgan fingerprint density at radius 2 is 2.13 bits per heavy atom. The summed E-state index contributed by atoms with van der Waals surface area (Å²) in [6, 6.07) is 13.5. The number of nitriles is 1. The average Bonchev–Trinajstić information content (AvgIpc) is 3.22. The Morgan fingerprint density at radius 3 is 2.87 bits per heavy atom. The van der Waals surface area contributed by atoms with Crippen molar-refractivity contribution >= 4 is 34.1 Å². The van der Waals surface area contributed by atoms with Crippen LogP contribution < -0.4 is 10.1 Å². The number of nitrogens with one attached hydrogen (secondary N) is 1. The summed E-state index contributed by atoms with van der Waals surface area (Å²) >= 11 is 2.80. The highest BCUT2D eigenvalue weighted by Crippen LogP contribution is 2.28. The highest BCUT2D eigenvalue weighted by Gasteiger charge is 2.12. The first-order chi connectivity index (χ1) is 14.5. The second-order valence-corrected chi connectivity index (χ2v) is 8.71. The van der Waals surface area contributed by atoms with Crippen LogP contribution in [-0.4, -0.2) is 28.7 Å². The van der Waals surface area contributed by atoms with E-state index in [2.05, 4.69) is 35.2 Å². The first kappa shape index (κ1) is 21.8. The molecule has 0 bridgehead atoms. The molecule has 0 saturated carbocycles. The molecule has 0 spiro atoms. The quantitative estimate of drug-likeness (QED) is 0.478. The van der Waals surface area contributed by atoms with Crippen LogP contribution in [0.15, 0.2) is 46.8 Å². The Bertz CT molecular complexity index is 1070. The molecule has 0 saturated heterocycles. The van der Waals surface area contributed by atoms with E-state index in [-0.39, 0.29) is 11.8 Å². The smallest absolute Gasteiger partial charge is 0.226 e. The van der Waals surface area contributed by atoms with Gasteiger partial charge in [0.05, 0.1) is 18.4 Å². The second kappa shape index (κ2) is 10.2. The molecule has 0 aliphatic carbocycles. The summed E-state index contributed by atoms with van der Waals surface area (Å²) in [4.78, 5) is 21.4. The van der Waals surface area contributed by atoms with Crippen LogP contribution in [0.4, 0.5) is 5.13 Å². The molecule has 2 heterocycles. The lowest BCUT2D eigenvalue weighted by atomic mass is 10.1. The Labute approximate surface area is 184 Å². The van der Waals surface area contributed by atoms with Gasteiger partial charge in [0, 0.05) is 28.8 Å². The molecule has 1 amide bonds. The zero-order valence-corrected chi connectivity index (χ0v) is 18.6. The molecule has 1 N–H and O–H groups in total. The maximum absolute atomic E-state index is 12.3. The molecule has 0 unspecified atom stereocenters. The van der Waals surface area contributed by atoms with Gasteiger partial charge in [-0.05, 0) is 30.2 Å². The number of carbonyl (C=O) groups is 1. The normalized spacial score (nSPS) is 10.6. The fourth-order valence-corrected chi connectivity index (χ4v) is 4.30. The summed E-state index contributed by atoms with van der Waals surface area (Å²) < 4.78 is 5.24. The number of ether oxygens (including phenoxy) is 1. The third-order valence-electron chi connectivity index (χ3n) is 4.28. The lowest BCUT2D eigenvalue weighted by Gasteiger charge is -2.08. The molecule has 30 heavy (non-hydrogen) atoms. The van der Waals surface area contributed by atoms with E-state index in [0.29, 0.717) is 27.9 Å². The number of aromatic nitrogens is 2. The molecular formula is C22H22N4O2S2. The van der Waals surface area contributed by atoms with Crippen molar-refractivity contribution in [3.8, 4) is 23.1 Å². The van der Waals surface area contributed by atoms with Crippen molar-refractivity contribution in [1.29, 1.82) is 5.26 Å². The number of hydrogen-bond acceptors (Lipinski definition) is 7. The molecule has 0 radical (unpaired) electrons. The van der Waals surface area contributed by atoms with Crippen molar-refractivity contribution in [1.82, 2.24) is 9.97 Å². The summed E-state index contributed by atoms with van der Waals surface area (Å²) in [5.74, 6) is 1.45. The monoisotopic (exact) mass is 438 g/mol. The molecule has 2 aromatic heterocycles. The number of amides is 1. The Hall–Kier alpha value is -2.89. The van der Waals surface area contributed by atoms with Gasteiger partial charge in [0.1, 0.15) is 16.8 Å². The number of nitrogens with zero attached hydrogens (tertiary/aromatic N) is 3. The molecule has 1 aromatic carbocycles. The average molecular weight is 439 g/mol. The van der Waals surface area contributed by atoms with Crippen molar-refractivity contribution in [2.45, 2.75) is 31.2 Å². The molecule has 3 aromatic rings. The van der Waals surface area contributed by atoms with Gasteiger partial charge in [-0.3, -0.25) is 4.79 Å². The number of anilines is 1. The summed E-state index contributed by atoms with van der Waals surface area (Å²) in [6.45, 7) is 4.12. The van der Waals surface area contributed by atoms with E-state index in [9.17, 15) is 10.1 Å². The highest BCUT2D eigenvalue weighted by atomic mass is 32.2. The predicted octanol–water partition coefficient (Wildman–Crippen LogP) is 5.33. The minimum Gasteiger partial charge on any atom is -0.497 e. The Kier molecular flexibility index (Phi) is 7.44. The van der Waals surface area contributed by atoms with Crippen molar-refractivity contribution in [2.75, 3.05) is 18.2 Å². The van der Waals surface area contributed by atoms with Crippen LogP contribution >= 0.6 is 23.1 Å². The van der Waals surface area contributed by atoms with Crippen LogP contribution in [-0.2, 0) is 4.79 Å².